The topological polar surface area (TPSA) is 49.8 Å². The lowest BCUT2D eigenvalue weighted by atomic mass is 9.89. The number of carbonyl (C=O) groups is 1. The van der Waals surface area contributed by atoms with Crippen LogP contribution >= 0.6 is 12.2 Å². The van der Waals surface area contributed by atoms with Crippen LogP contribution in [0.3, 0.4) is 0 Å². The molecule has 2 aromatic rings. The van der Waals surface area contributed by atoms with Crippen LogP contribution in [0.1, 0.15) is 49.8 Å². The van der Waals surface area contributed by atoms with E-state index in [0.29, 0.717) is 19.4 Å². The number of rotatable bonds is 9. The monoisotopic (exact) mass is 411 g/mol. The summed E-state index contributed by atoms with van der Waals surface area (Å²) < 4.78 is 5.59. The molecule has 0 bridgehead atoms. The smallest absolute Gasteiger partial charge is 0.266 e. The molecular weight excluding hydrogens is 382 g/mol. The number of hydrogen-bond donors (Lipinski definition) is 1. The molecule has 5 heteroatoms. The summed E-state index contributed by atoms with van der Waals surface area (Å²) >= 11 is 5.37. The Bertz CT molecular complexity index is 796. The highest BCUT2D eigenvalue weighted by molar-refractivity contribution is 7.80. The minimum Gasteiger partial charge on any atom is -0.468 e. The van der Waals surface area contributed by atoms with Gasteiger partial charge in [-0.2, -0.15) is 0 Å². The molecule has 1 saturated heterocycles. The minimum atomic E-state index is -0.714. The largest absolute Gasteiger partial charge is 0.468 e. The Morgan fingerprint density at radius 2 is 1.79 bits per heavy atom. The van der Waals surface area contributed by atoms with Crippen LogP contribution in [0.2, 0.25) is 0 Å². The summed E-state index contributed by atoms with van der Waals surface area (Å²) in [6, 6.07) is 19.4. The third-order valence-corrected chi connectivity index (χ3v) is 5.79. The van der Waals surface area contributed by atoms with E-state index in [1.165, 1.54) is 0 Å². The van der Waals surface area contributed by atoms with E-state index in [0.717, 1.165) is 30.4 Å². The second kappa shape index (κ2) is 10.5. The van der Waals surface area contributed by atoms with Crippen molar-refractivity contribution >= 4 is 23.3 Å². The quantitative estimate of drug-likeness (QED) is 0.481. The van der Waals surface area contributed by atoms with Crippen molar-refractivity contribution in [3.63, 3.8) is 0 Å². The molecule has 3 rings (SSSR count). The van der Waals surface area contributed by atoms with Gasteiger partial charge < -0.3 is 9.84 Å². The molecule has 0 saturated carbocycles. The Morgan fingerprint density at radius 1 is 1.14 bits per heavy atom. The van der Waals surface area contributed by atoms with E-state index < -0.39 is 12.0 Å². The Hall–Kier alpha value is -2.24. The first-order chi connectivity index (χ1) is 14.1. The summed E-state index contributed by atoms with van der Waals surface area (Å²) in [6.07, 6.45) is 3.39. The van der Waals surface area contributed by atoms with Gasteiger partial charge in [0.1, 0.15) is 6.61 Å². The zero-order chi connectivity index (χ0) is 20.6. The molecule has 2 aromatic carbocycles. The summed E-state index contributed by atoms with van der Waals surface area (Å²) in [5.41, 5.74) is 2.02. The summed E-state index contributed by atoms with van der Waals surface area (Å²) in [4.78, 5) is 15.2. The number of hydrogen-bond acceptors (Lipinski definition) is 4. The Balaban J connectivity index is 1.84. The first kappa shape index (κ1) is 21.5. The normalized spacial score (nSPS) is 18.3. The van der Waals surface area contributed by atoms with E-state index in [1.54, 1.807) is 4.90 Å². The highest BCUT2D eigenvalue weighted by Gasteiger charge is 2.41. The number of unbranched alkanes of at least 4 members (excludes halogenated alkanes) is 2. The molecule has 1 aliphatic rings. The maximum Gasteiger partial charge on any atom is 0.266 e. The third kappa shape index (κ3) is 5.43. The molecule has 0 aromatic heterocycles. The van der Waals surface area contributed by atoms with Gasteiger partial charge in [0.2, 0.25) is 5.91 Å². The van der Waals surface area contributed by atoms with Gasteiger partial charge in [-0.1, -0.05) is 86.8 Å². The summed E-state index contributed by atoms with van der Waals surface area (Å²) in [7, 11) is 0. The molecule has 3 atom stereocenters. The van der Waals surface area contributed by atoms with Crippen LogP contribution in [0.4, 0.5) is 0 Å². The van der Waals surface area contributed by atoms with Crippen LogP contribution < -0.4 is 0 Å². The van der Waals surface area contributed by atoms with E-state index in [2.05, 4.69) is 6.92 Å². The first-order valence-electron chi connectivity index (χ1n) is 10.4. The molecule has 1 heterocycles. The zero-order valence-corrected chi connectivity index (χ0v) is 17.7. The lowest BCUT2D eigenvalue weighted by Crippen LogP contribution is -2.43. The number of aliphatic hydroxyl groups is 1. The number of thiocarbonyl (C=S) groups is 1. The number of ether oxygens (including phenoxy) is 1. The number of aliphatic hydroxyl groups excluding tert-OH is 1. The van der Waals surface area contributed by atoms with Crippen LogP contribution in [0.15, 0.2) is 60.7 Å². The highest BCUT2D eigenvalue weighted by atomic mass is 32.1. The van der Waals surface area contributed by atoms with Crippen molar-refractivity contribution in [1.82, 2.24) is 4.90 Å². The van der Waals surface area contributed by atoms with E-state index in [-0.39, 0.29) is 17.1 Å². The van der Waals surface area contributed by atoms with Crippen molar-refractivity contribution in [2.75, 3.05) is 6.61 Å². The van der Waals surface area contributed by atoms with Gasteiger partial charge in [0.15, 0.2) is 0 Å². The Kier molecular flexibility index (Phi) is 7.78. The number of carbonyl (C=O) groups excluding carboxylic acids is 1. The predicted octanol–water partition coefficient (Wildman–Crippen LogP) is 4.67. The molecule has 0 spiro atoms. The van der Waals surface area contributed by atoms with Gasteiger partial charge in [0, 0.05) is 0 Å². The number of nitrogens with zero attached hydrogens (tertiary/aromatic N) is 1. The van der Waals surface area contributed by atoms with Crippen molar-refractivity contribution in [3.8, 4) is 0 Å². The first-order valence-corrected chi connectivity index (χ1v) is 10.8. The van der Waals surface area contributed by atoms with Crippen LogP contribution in [0.25, 0.3) is 0 Å². The van der Waals surface area contributed by atoms with Crippen LogP contribution in [-0.2, 0) is 16.0 Å². The lowest BCUT2D eigenvalue weighted by Gasteiger charge is -2.29. The minimum absolute atomic E-state index is 0.158. The second-order valence-corrected chi connectivity index (χ2v) is 7.92. The third-order valence-electron chi connectivity index (χ3n) is 5.48. The van der Waals surface area contributed by atoms with Gasteiger partial charge in [0.05, 0.1) is 18.1 Å². The van der Waals surface area contributed by atoms with E-state index in [9.17, 15) is 9.90 Å². The average molecular weight is 412 g/mol. The van der Waals surface area contributed by atoms with Crippen molar-refractivity contribution in [1.29, 1.82) is 0 Å². The Morgan fingerprint density at radius 3 is 2.45 bits per heavy atom. The molecule has 154 valence electrons. The highest BCUT2D eigenvalue weighted by Crippen LogP contribution is 2.31. The molecule has 1 aliphatic heterocycles. The van der Waals surface area contributed by atoms with Crippen molar-refractivity contribution < 1.29 is 14.6 Å². The summed E-state index contributed by atoms with van der Waals surface area (Å²) in [5, 5.41) is 11.1. The predicted molar refractivity (Wildman–Crippen MR) is 118 cm³/mol. The average Bonchev–Trinajstić information content (AvgIpc) is 3.14. The lowest BCUT2D eigenvalue weighted by molar-refractivity contribution is -0.136. The Labute approximate surface area is 178 Å². The molecule has 29 heavy (non-hydrogen) atoms. The standard InChI is InChI=1S/C24H29NO3S/c1-2-3-6-15-22(26)20(16-18-11-7-4-8-12-18)23(27)25-21(17-28-24(25)29)19-13-9-5-10-14-19/h4-5,7-14,20-22,26H,2-3,6,15-17H2,1H3/t20-,21+,22+/m0/s1. The second-order valence-electron chi connectivity index (χ2n) is 7.57. The van der Waals surface area contributed by atoms with Gasteiger partial charge in [-0.25, -0.2) is 0 Å². The van der Waals surface area contributed by atoms with Crippen molar-refractivity contribution in [2.24, 2.45) is 5.92 Å². The van der Waals surface area contributed by atoms with E-state index in [4.69, 9.17) is 17.0 Å². The maximum absolute atomic E-state index is 13.6. The van der Waals surface area contributed by atoms with E-state index >= 15 is 0 Å². The molecule has 0 aliphatic carbocycles. The zero-order valence-electron chi connectivity index (χ0n) is 16.9. The maximum atomic E-state index is 13.6. The SMILES string of the molecule is CCCCC[C@@H](O)[C@H](Cc1ccccc1)C(=O)N1C(=S)OC[C@@H]1c1ccccc1. The molecule has 1 amide bonds. The van der Waals surface area contributed by atoms with Crippen molar-refractivity contribution in [3.05, 3.63) is 71.8 Å². The van der Waals surface area contributed by atoms with Crippen molar-refractivity contribution in [2.45, 2.75) is 51.2 Å². The molecule has 1 N–H and O–H groups in total. The molecule has 0 unspecified atom stereocenters. The molecule has 4 nitrogen and oxygen atoms in total. The van der Waals surface area contributed by atoms with Gasteiger partial charge in [0.25, 0.3) is 5.17 Å². The van der Waals surface area contributed by atoms with E-state index in [1.807, 2.05) is 60.7 Å². The molecule has 0 radical (unpaired) electrons. The van der Waals surface area contributed by atoms with Gasteiger partial charge in [-0.15, -0.1) is 0 Å². The van der Waals surface area contributed by atoms with Crippen LogP contribution in [0, 0.1) is 5.92 Å². The van der Waals surface area contributed by atoms with Gasteiger partial charge in [-0.05, 0) is 36.2 Å². The summed E-state index contributed by atoms with van der Waals surface area (Å²) in [5.74, 6) is -0.714. The molecule has 1 fully saturated rings. The summed E-state index contributed by atoms with van der Waals surface area (Å²) in [6.45, 7) is 2.47. The van der Waals surface area contributed by atoms with Gasteiger partial charge >= 0.3 is 0 Å². The fourth-order valence-electron chi connectivity index (χ4n) is 3.82. The number of benzene rings is 2. The number of amides is 1. The fraction of sp³-hybridized carbons (Fsp3) is 0.417. The van der Waals surface area contributed by atoms with Crippen LogP contribution in [-0.4, -0.2) is 33.8 Å². The molecular formula is C24H29NO3S. The van der Waals surface area contributed by atoms with Crippen LogP contribution in [0.5, 0.6) is 0 Å². The fourth-order valence-corrected chi connectivity index (χ4v) is 4.11. The van der Waals surface area contributed by atoms with Gasteiger partial charge in [-0.3, -0.25) is 9.69 Å².